The van der Waals surface area contributed by atoms with Gasteiger partial charge in [0.05, 0.1) is 18.6 Å². The number of ketones is 2. The van der Waals surface area contributed by atoms with E-state index >= 15 is 0 Å². The first kappa shape index (κ1) is 26.8. The van der Waals surface area contributed by atoms with Gasteiger partial charge in [0.2, 0.25) is 17.5 Å². The zero-order chi connectivity index (χ0) is 28.0. The fraction of sp³-hybridized carbons (Fsp3) is 0.406. The van der Waals surface area contributed by atoms with Gasteiger partial charge in [-0.3, -0.25) is 22.9 Å². The van der Waals surface area contributed by atoms with Crippen molar-refractivity contribution < 1.29 is 24.2 Å². The average molecular weight is 561 g/mol. The maximum absolute atomic E-state index is 13.9. The van der Waals surface area contributed by atoms with Crippen LogP contribution in [0.2, 0.25) is 0 Å². The molecule has 1 N–H and O–H groups in total. The number of amides is 1. The lowest BCUT2D eigenvalue weighted by Gasteiger charge is -2.49. The van der Waals surface area contributed by atoms with Crippen molar-refractivity contribution in [3.05, 3.63) is 83.6 Å². The number of benzene rings is 2. The van der Waals surface area contributed by atoms with Gasteiger partial charge in [-0.1, -0.05) is 67.5 Å². The third-order valence-electron chi connectivity index (χ3n) is 9.05. The number of carbonyl (C=O) groups excluding carboxylic acids is 3. The van der Waals surface area contributed by atoms with Crippen LogP contribution in [0.4, 0.5) is 5.69 Å². The van der Waals surface area contributed by atoms with Crippen LogP contribution in [0.5, 0.6) is 0 Å². The molecule has 0 radical (unpaired) electrons. The summed E-state index contributed by atoms with van der Waals surface area (Å²) < 4.78 is 21.3. The molecule has 2 saturated carbocycles. The van der Waals surface area contributed by atoms with Crippen molar-refractivity contribution in [1.29, 1.82) is 0 Å². The number of fused-ring (bicyclic) bond motifs is 5. The SMILES string of the molecule is CC(=O)Nc1ccc(COS(=O)N2C=C(c3ccccc3)C3C(=O)C(=O)C4C5CCCC(C)C5=CCC4C32)cc1.[HH]. The van der Waals surface area contributed by atoms with Crippen LogP contribution in [0.1, 0.15) is 52.1 Å². The summed E-state index contributed by atoms with van der Waals surface area (Å²) in [5.41, 5.74) is 4.38. The van der Waals surface area contributed by atoms with Crippen LogP contribution in [0.3, 0.4) is 0 Å². The molecule has 2 aromatic rings. The van der Waals surface area contributed by atoms with Gasteiger partial charge in [-0.05, 0) is 65.8 Å². The normalized spacial score (nSPS) is 30.0. The summed E-state index contributed by atoms with van der Waals surface area (Å²) in [4.78, 5) is 38.9. The van der Waals surface area contributed by atoms with Crippen LogP contribution >= 0.6 is 0 Å². The number of Topliss-reactive ketones (excluding diaryl/α,β-unsaturated/α-hetero) is 2. The molecule has 0 spiro atoms. The van der Waals surface area contributed by atoms with Crippen molar-refractivity contribution in [2.75, 3.05) is 5.32 Å². The van der Waals surface area contributed by atoms with Gasteiger partial charge >= 0.3 is 0 Å². The Bertz CT molecular complexity index is 1420. The van der Waals surface area contributed by atoms with Crippen molar-refractivity contribution in [2.24, 2.45) is 29.6 Å². The standard InChI is InChI=1S/C32H34N2O5S.H2/c1-19-7-6-10-25-24(19)15-16-26-28(25)31(36)32(37)29-27(22-8-4-3-5-9-22)17-34(30(26)29)40(38)39-18-21-11-13-23(14-12-21)33-20(2)35;/h3-5,8-9,11-15,17,19,25-26,28-30H,6-7,10,16,18H2,1-2H3,(H,33,35);1H. The van der Waals surface area contributed by atoms with E-state index in [2.05, 4.69) is 18.3 Å². The largest absolute Gasteiger partial charge is 0.326 e. The Kier molecular flexibility index (Phi) is 7.31. The van der Waals surface area contributed by atoms with E-state index in [-0.39, 0.29) is 43.3 Å². The lowest BCUT2D eigenvalue weighted by Crippen LogP contribution is -2.57. The molecule has 40 heavy (non-hydrogen) atoms. The number of anilines is 1. The van der Waals surface area contributed by atoms with Gasteiger partial charge in [0.1, 0.15) is 0 Å². The van der Waals surface area contributed by atoms with E-state index in [1.165, 1.54) is 12.5 Å². The summed E-state index contributed by atoms with van der Waals surface area (Å²) in [6, 6.07) is 16.3. The van der Waals surface area contributed by atoms with Gasteiger partial charge in [-0.25, -0.2) is 4.21 Å². The Morgan fingerprint density at radius 3 is 2.55 bits per heavy atom. The summed E-state index contributed by atoms with van der Waals surface area (Å²) in [5.74, 6) is -1.43. The highest BCUT2D eigenvalue weighted by Gasteiger charge is 2.59. The molecule has 2 aromatic carbocycles. The topological polar surface area (TPSA) is 92.8 Å². The number of allylic oxidation sites excluding steroid dienone is 2. The van der Waals surface area contributed by atoms with Crippen LogP contribution in [-0.4, -0.2) is 32.0 Å². The molecule has 8 heteroatoms. The first-order valence-electron chi connectivity index (χ1n) is 14.1. The predicted octanol–water partition coefficient (Wildman–Crippen LogP) is 5.48. The molecular weight excluding hydrogens is 524 g/mol. The monoisotopic (exact) mass is 560 g/mol. The lowest BCUT2D eigenvalue weighted by molar-refractivity contribution is -0.148. The van der Waals surface area contributed by atoms with Gasteiger partial charge in [-0.15, -0.1) is 0 Å². The van der Waals surface area contributed by atoms with Gasteiger partial charge in [-0.2, -0.15) is 0 Å². The molecule has 2 fully saturated rings. The molecule has 3 aliphatic carbocycles. The second kappa shape index (κ2) is 10.9. The molecular formula is C32H36N2O5S. The fourth-order valence-electron chi connectivity index (χ4n) is 7.31. The van der Waals surface area contributed by atoms with Gasteiger partial charge in [0.25, 0.3) is 11.3 Å². The van der Waals surface area contributed by atoms with Crippen LogP contribution < -0.4 is 5.32 Å². The minimum Gasteiger partial charge on any atom is -0.326 e. The number of nitrogens with zero attached hydrogens (tertiary/aromatic N) is 1. The Morgan fingerprint density at radius 1 is 1.07 bits per heavy atom. The molecule has 0 bridgehead atoms. The number of hydrogen-bond acceptors (Lipinski definition) is 5. The molecule has 210 valence electrons. The Morgan fingerprint density at radius 2 is 1.82 bits per heavy atom. The molecule has 6 rings (SSSR count). The third kappa shape index (κ3) is 4.77. The number of hydrogen-bond donors (Lipinski definition) is 1. The highest BCUT2D eigenvalue weighted by molar-refractivity contribution is 7.77. The van der Waals surface area contributed by atoms with Gasteiger partial charge in [0, 0.05) is 26.2 Å². The predicted molar refractivity (Wildman–Crippen MR) is 156 cm³/mol. The van der Waals surface area contributed by atoms with Crippen molar-refractivity contribution in [2.45, 2.75) is 52.2 Å². The number of rotatable bonds is 6. The summed E-state index contributed by atoms with van der Waals surface area (Å²) in [6.07, 6.45) is 7.86. The van der Waals surface area contributed by atoms with E-state index in [0.717, 1.165) is 36.0 Å². The molecule has 4 aliphatic rings. The van der Waals surface area contributed by atoms with E-state index in [1.54, 1.807) is 22.6 Å². The van der Waals surface area contributed by atoms with Gasteiger partial charge in [0.15, 0.2) is 0 Å². The van der Waals surface area contributed by atoms with Crippen molar-refractivity contribution in [3.63, 3.8) is 0 Å². The first-order chi connectivity index (χ1) is 19.3. The summed E-state index contributed by atoms with van der Waals surface area (Å²) >= 11 is -1.88. The third-order valence-corrected chi connectivity index (χ3v) is 10.1. The fourth-order valence-corrected chi connectivity index (χ4v) is 8.34. The van der Waals surface area contributed by atoms with Crippen LogP contribution in [0.25, 0.3) is 5.57 Å². The van der Waals surface area contributed by atoms with Crippen molar-refractivity contribution in [3.8, 4) is 0 Å². The summed E-state index contributed by atoms with van der Waals surface area (Å²) in [6.45, 7) is 3.77. The Labute approximate surface area is 238 Å². The number of carbonyl (C=O) groups is 3. The Hall–Kier alpha value is -3.36. The van der Waals surface area contributed by atoms with Gasteiger partial charge < -0.3 is 5.32 Å². The molecule has 7 atom stereocenters. The quantitative estimate of drug-likeness (QED) is 0.373. The highest BCUT2D eigenvalue weighted by Crippen LogP contribution is 2.54. The zero-order valence-corrected chi connectivity index (χ0v) is 23.6. The summed E-state index contributed by atoms with van der Waals surface area (Å²) in [5, 5.41) is 2.73. The minimum absolute atomic E-state index is 0. The van der Waals surface area contributed by atoms with Crippen LogP contribution in [-0.2, 0) is 36.4 Å². The van der Waals surface area contributed by atoms with E-state index in [9.17, 15) is 18.6 Å². The van der Waals surface area contributed by atoms with Crippen molar-refractivity contribution >= 4 is 40.0 Å². The molecule has 1 amide bonds. The smallest absolute Gasteiger partial charge is 0.264 e. The molecule has 0 aromatic heterocycles. The first-order valence-corrected chi connectivity index (χ1v) is 15.1. The maximum Gasteiger partial charge on any atom is 0.264 e. The van der Waals surface area contributed by atoms with E-state index in [4.69, 9.17) is 4.18 Å². The average Bonchev–Trinajstić information content (AvgIpc) is 3.36. The van der Waals surface area contributed by atoms with E-state index in [0.29, 0.717) is 18.0 Å². The van der Waals surface area contributed by atoms with Crippen molar-refractivity contribution in [1.82, 2.24) is 4.31 Å². The Balaban J connectivity index is 0.00000337. The minimum atomic E-state index is -1.88. The second-order valence-corrected chi connectivity index (χ2v) is 12.5. The van der Waals surface area contributed by atoms with Crippen LogP contribution in [0, 0.1) is 29.6 Å². The maximum atomic E-state index is 13.9. The van der Waals surface area contributed by atoms with Crippen LogP contribution in [0.15, 0.2) is 72.4 Å². The lowest BCUT2D eigenvalue weighted by atomic mass is 9.56. The van der Waals surface area contributed by atoms with E-state index in [1.807, 2.05) is 42.5 Å². The number of nitrogens with one attached hydrogen (secondary N) is 1. The molecule has 7 unspecified atom stereocenters. The highest BCUT2D eigenvalue weighted by atomic mass is 32.2. The second-order valence-electron chi connectivity index (χ2n) is 11.4. The molecule has 0 saturated heterocycles. The summed E-state index contributed by atoms with van der Waals surface area (Å²) in [7, 11) is 0. The van der Waals surface area contributed by atoms with E-state index < -0.39 is 23.2 Å². The molecule has 1 heterocycles. The molecule has 7 nitrogen and oxygen atoms in total. The molecule has 1 aliphatic heterocycles. The zero-order valence-electron chi connectivity index (χ0n) is 22.7.